The fourth-order valence-electron chi connectivity index (χ4n) is 4.22. The Morgan fingerprint density at radius 3 is 2.52 bits per heavy atom. The number of nitrogens with zero attached hydrogens (tertiary/aromatic N) is 2. The van der Waals surface area contributed by atoms with Gasteiger partial charge in [-0.05, 0) is 64.1 Å². The third kappa shape index (κ3) is 3.96. The van der Waals surface area contributed by atoms with Gasteiger partial charge in [0, 0.05) is 29.4 Å². The summed E-state index contributed by atoms with van der Waals surface area (Å²) in [5.41, 5.74) is 3.81. The van der Waals surface area contributed by atoms with Gasteiger partial charge < -0.3 is 14.4 Å². The van der Waals surface area contributed by atoms with Crippen molar-refractivity contribution in [3.8, 4) is 5.75 Å². The SMILES string of the molecule is CCN1c2cc(OC)c(/C=C3\SC(=O)N(C(C)C(=O)OC)C3=O)cc2C(C)=CC1(C)C. The Labute approximate surface area is 187 Å². The largest absolute Gasteiger partial charge is 0.496 e. The predicted octanol–water partition coefficient (Wildman–Crippen LogP) is 4.31. The highest BCUT2D eigenvalue weighted by atomic mass is 32.2. The van der Waals surface area contributed by atoms with Gasteiger partial charge in [0.25, 0.3) is 11.1 Å². The van der Waals surface area contributed by atoms with Crippen molar-refractivity contribution in [2.45, 2.75) is 46.2 Å². The number of imide groups is 1. The van der Waals surface area contributed by atoms with E-state index in [1.54, 1.807) is 13.2 Å². The molecule has 1 fully saturated rings. The van der Waals surface area contributed by atoms with Crippen LogP contribution in [0.15, 0.2) is 23.1 Å². The maximum atomic E-state index is 12.9. The fourth-order valence-corrected chi connectivity index (χ4v) is 5.12. The number of carbonyl (C=O) groups excluding carboxylic acids is 3. The van der Waals surface area contributed by atoms with Crippen LogP contribution >= 0.6 is 11.8 Å². The van der Waals surface area contributed by atoms with Crippen molar-refractivity contribution in [1.29, 1.82) is 0 Å². The van der Waals surface area contributed by atoms with E-state index in [0.717, 1.165) is 40.0 Å². The van der Waals surface area contributed by atoms with Crippen LogP contribution in [0, 0.1) is 0 Å². The van der Waals surface area contributed by atoms with E-state index in [1.165, 1.54) is 14.0 Å². The average molecular weight is 445 g/mol. The molecular weight excluding hydrogens is 416 g/mol. The number of hydrogen-bond donors (Lipinski definition) is 0. The van der Waals surface area contributed by atoms with E-state index in [9.17, 15) is 14.4 Å². The molecule has 1 unspecified atom stereocenters. The monoisotopic (exact) mass is 444 g/mol. The van der Waals surface area contributed by atoms with Crippen molar-refractivity contribution in [2.75, 3.05) is 25.7 Å². The molecule has 0 aliphatic carbocycles. The molecule has 7 nitrogen and oxygen atoms in total. The molecule has 0 bridgehead atoms. The number of esters is 1. The summed E-state index contributed by atoms with van der Waals surface area (Å²) in [5, 5.41) is -0.499. The van der Waals surface area contributed by atoms with Crippen LogP contribution < -0.4 is 9.64 Å². The molecule has 0 aromatic heterocycles. The Bertz CT molecular complexity index is 1010. The van der Waals surface area contributed by atoms with E-state index in [0.29, 0.717) is 11.3 Å². The minimum atomic E-state index is -0.987. The minimum Gasteiger partial charge on any atom is -0.496 e. The van der Waals surface area contributed by atoms with Gasteiger partial charge in [-0.1, -0.05) is 6.08 Å². The number of allylic oxidation sites excluding steroid dienone is 1. The third-order valence-electron chi connectivity index (χ3n) is 5.69. The second-order valence-electron chi connectivity index (χ2n) is 8.09. The molecule has 0 radical (unpaired) electrons. The van der Waals surface area contributed by atoms with E-state index in [4.69, 9.17) is 4.74 Å². The molecule has 1 aromatic rings. The lowest BCUT2D eigenvalue weighted by molar-refractivity contribution is -0.148. The van der Waals surface area contributed by atoms with Gasteiger partial charge in [-0.25, -0.2) is 4.79 Å². The number of ether oxygens (including phenoxy) is 2. The first kappa shape index (κ1) is 22.9. The molecule has 3 rings (SSSR count). The third-order valence-corrected chi connectivity index (χ3v) is 6.57. The molecule has 0 spiro atoms. The highest BCUT2D eigenvalue weighted by Crippen LogP contribution is 2.43. The van der Waals surface area contributed by atoms with E-state index >= 15 is 0 Å². The Kier molecular flexibility index (Phi) is 6.23. The molecule has 1 saturated heterocycles. The van der Waals surface area contributed by atoms with Gasteiger partial charge >= 0.3 is 5.97 Å². The number of anilines is 1. The molecule has 2 aliphatic heterocycles. The molecule has 1 aromatic carbocycles. The van der Waals surface area contributed by atoms with Crippen LogP contribution in [0.1, 0.15) is 45.7 Å². The summed E-state index contributed by atoms with van der Waals surface area (Å²) in [6, 6.07) is 2.97. The molecule has 0 N–H and O–H groups in total. The molecule has 0 saturated carbocycles. The molecule has 8 heteroatoms. The first-order valence-electron chi connectivity index (χ1n) is 10.1. The standard InChI is InChI=1S/C23H28N2O5S/c1-8-24-17-11-18(29-6)15(9-16(17)13(2)12-23(24,4)5)10-19-20(26)25(22(28)31-19)14(3)21(27)30-7/h9-12,14H,8H2,1-7H3/b19-10-. The fraction of sp³-hybridized carbons (Fsp3) is 0.435. The molecule has 1 atom stereocenters. The number of amides is 2. The second kappa shape index (κ2) is 8.42. The zero-order valence-electron chi connectivity index (χ0n) is 18.9. The summed E-state index contributed by atoms with van der Waals surface area (Å²) >= 11 is 0.805. The lowest BCUT2D eigenvalue weighted by atomic mass is 9.87. The maximum absolute atomic E-state index is 12.9. The normalized spacial score (nSPS) is 20.0. The van der Waals surface area contributed by atoms with Gasteiger partial charge in [-0.15, -0.1) is 0 Å². The summed E-state index contributed by atoms with van der Waals surface area (Å²) in [4.78, 5) is 40.6. The number of fused-ring (bicyclic) bond motifs is 1. The lowest BCUT2D eigenvalue weighted by Gasteiger charge is -2.43. The predicted molar refractivity (Wildman–Crippen MR) is 123 cm³/mol. The topological polar surface area (TPSA) is 76.2 Å². The Morgan fingerprint density at radius 1 is 1.26 bits per heavy atom. The molecule has 2 aliphatic rings. The lowest BCUT2D eigenvalue weighted by Crippen LogP contribution is -2.44. The Morgan fingerprint density at radius 2 is 1.94 bits per heavy atom. The van der Waals surface area contributed by atoms with Gasteiger partial charge in [-0.3, -0.25) is 14.5 Å². The summed E-state index contributed by atoms with van der Waals surface area (Å²) < 4.78 is 10.3. The second-order valence-corrected chi connectivity index (χ2v) is 9.08. The smallest absolute Gasteiger partial charge is 0.328 e. The number of rotatable bonds is 5. The first-order valence-corrected chi connectivity index (χ1v) is 10.9. The summed E-state index contributed by atoms with van der Waals surface area (Å²) in [6.07, 6.45) is 3.87. The highest BCUT2D eigenvalue weighted by molar-refractivity contribution is 8.18. The van der Waals surface area contributed by atoms with Gasteiger partial charge in [-0.2, -0.15) is 0 Å². The number of benzene rings is 1. The summed E-state index contributed by atoms with van der Waals surface area (Å²) in [6.45, 7) is 10.8. The molecule has 2 heterocycles. The van der Waals surface area contributed by atoms with Crippen molar-refractivity contribution in [2.24, 2.45) is 0 Å². The maximum Gasteiger partial charge on any atom is 0.328 e. The van der Waals surface area contributed by atoms with Crippen molar-refractivity contribution in [1.82, 2.24) is 4.90 Å². The van der Waals surface area contributed by atoms with Crippen LogP contribution in [0.4, 0.5) is 10.5 Å². The number of methoxy groups -OCH3 is 2. The van der Waals surface area contributed by atoms with E-state index in [2.05, 4.69) is 43.4 Å². The van der Waals surface area contributed by atoms with Crippen LogP contribution in [0.3, 0.4) is 0 Å². The van der Waals surface area contributed by atoms with E-state index in [1.807, 2.05) is 12.1 Å². The molecular formula is C23H28N2O5S. The van der Waals surface area contributed by atoms with Crippen LogP contribution in [0.25, 0.3) is 11.6 Å². The number of hydrogen-bond acceptors (Lipinski definition) is 7. The molecule has 2 amide bonds. The zero-order valence-corrected chi connectivity index (χ0v) is 19.8. The van der Waals surface area contributed by atoms with E-state index < -0.39 is 23.2 Å². The summed E-state index contributed by atoms with van der Waals surface area (Å²) in [7, 11) is 2.81. The Balaban J connectivity index is 2.06. The molecule has 166 valence electrons. The highest BCUT2D eigenvalue weighted by Gasteiger charge is 2.41. The minimum absolute atomic E-state index is 0.134. The quantitative estimate of drug-likeness (QED) is 0.495. The van der Waals surface area contributed by atoms with Crippen molar-refractivity contribution in [3.05, 3.63) is 34.2 Å². The van der Waals surface area contributed by atoms with Crippen molar-refractivity contribution < 1.29 is 23.9 Å². The van der Waals surface area contributed by atoms with Gasteiger partial charge in [0.2, 0.25) is 0 Å². The van der Waals surface area contributed by atoms with Crippen molar-refractivity contribution in [3.63, 3.8) is 0 Å². The number of likely N-dealkylation sites (N-methyl/N-ethyl adjacent to an activating group) is 1. The number of carbonyl (C=O) groups is 3. The van der Waals surface area contributed by atoms with Gasteiger partial charge in [0.05, 0.1) is 24.7 Å². The van der Waals surface area contributed by atoms with Crippen LogP contribution in [0.2, 0.25) is 0 Å². The number of thioether (sulfide) groups is 1. The van der Waals surface area contributed by atoms with Gasteiger partial charge in [0.15, 0.2) is 0 Å². The van der Waals surface area contributed by atoms with Crippen molar-refractivity contribution >= 4 is 46.2 Å². The summed E-state index contributed by atoms with van der Waals surface area (Å²) in [5.74, 6) is -0.551. The van der Waals surface area contributed by atoms with Gasteiger partial charge in [0.1, 0.15) is 11.8 Å². The Hall–Kier alpha value is -2.74. The van der Waals surface area contributed by atoms with Crippen LogP contribution in [-0.2, 0) is 14.3 Å². The van der Waals surface area contributed by atoms with E-state index in [-0.39, 0.29) is 10.4 Å². The first-order chi connectivity index (χ1) is 14.5. The molecule has 31 heavy (non-hydrogen) atoms. The van der Waals surface area contributed by atoms with Crippen LogP contribution in [-0.4, -0.2) is 54.4 Å². The van der Waals surface area contributed by atoms with Crippen LogP contribution in [0.5, 0.6) is 5.75 Å². The average Bonchev–Trinajstić information content (AvgIpc) is 2.99. The zero-order chi connectivity index (χ0) is 23.1.